The van der Waals surface area contributed by atoms with E-state index in [4.69, 9.17) is 4.74 Å². The lowest BCUT2D eigenvalue weighted by molar-refractivity contribution is 0.261. The molecule has 1 aliphatic heterocycles. The minimum atomic E-state index is -0.113. The van der Waals surface area contributed by atoms with E-state index in [-0.39, 0.29) is 5.56 Å². The van der Waals surface area contributed by atoms with Crippen LogP contribution in [0.4, 0.5) is 0 Å². The van der Waals surface area contributed by atoms with Crippen molar-refractivity contribution >= 4 is 11.2 Å². The minimum Gasteiger partial charge on any atom is -0.460 e. The summed E-state index contributed by atoms with van der Waals surface area (Å²) in [4.78, 5) is 25.5. The van der Waals surface area contributed by atoms with Crippen LogP contribution in [0.25, 0.3) is 11.2 Å². The first kappa shape index (κ1) is 18.7. The molecule has 7 nitrogen and oxygen atoms in total. The summed E-state index contributed by atoms with van der Waals surface area (Å²) in [6.07, 6.45) is 2.85. The molecule has 0 atom stereocenters. The van der Waals surface area contributed by atoms with Gasteiger partial charge in [-0.05, 0) is 44.8 Å². The van der Waals surface area contributed by atoms with Crippen LogP contribution >= 0.6 is 0 Å². The normalized spacial score (nSPS) is 15.2. The van der Waals surface area contributed by atoms with Crippen LogP contribution < -0.4 is 15.6 Å². The van der Waals surface area contributed by atoms with Gasteiger partial charge in [0, 0.05) is 12.5 Å². The first-order valence-corrected chi connectivity index (χ1v) is 10.0. The highest BCUT2D eigenvalue weighted by Crippen LogP contribution is 2.24. The second-order valence-electron chi connectivity index (χ2n) is 7.47. The van der Waals surface area contributed by atoms with Crippen molar-refractivity contribution in [3.8, 4) is 6.01 Å². The number of benzene rings is 1. The molecular formula is C21H27N5O2. The largest absolute Gasteiger partial charge is 0.460 e. The molecule has 4 rings (SSSR count). The molecule has 2 N–H and O–H groups in total. The predicted molar refractivity (Wildman–Crippen MR) is 109 cm³/mol. The summed E-state index contributed by atoms with van der Waals surface area (Å²) in [5, 5.41) is 3.36. The molecule has 1 fully saturated rings. The number of nitrogens with one attached hydrogen (secondary N) is 2. The van der Waals surface area contributed by atoms with Gasteiger partial charge in [-0.15, -0.1) is 0 Å². The van der Waals surface area contributed by atoms with Gasteiger partial charge in [-0.1, -0.05) is 36.8 Å². The Kier molecular flexibility index (Phi) is 5.43. The van der Waals surface area contributed by atoms with Gasteiger partial charge in [-0.2, -0.15) is 4.98 Å². The van der Waals surface area contributed by atoms with Gasteiger partial charge < -0.3 is 15.0 Å². The third-order valence-electron chi connectivity index (χ3n) is 5.26. The van der Waals surface area contributed by atoms with Crippen molar-refractivity contribution in [2.24, 2.45) is 0 Å². The van der Waals surface area contributed by atoms with Crippen LogP contribution in [0.1, 0.15) is 49.1 Å². The average Bonchev–Trinajstić information content (AvgIpc) is 3.15. The zero-order valence-electron chi connectivity index (χ0n) is 16.5. The molecule has 1 aliphatic rings. The highest BCUT2D eigenvalue weighted by molar-refractivity contribution is 5.70. The number of hydrogen-bond acceptors (Lipinski definition) is 5. The molecule has 0 saturated carbocycles. The maximum absolute atomic E-state index is 13.1. The Morgan fingerprint density at radius 2 is 1.93 bits per heavy atom. The number of H-pyrrole nitrogens is 1. The van der Waals surface area contributed by atoms with Crippen molar-refractivity contribution in [2.75, 3.05) is 13.1 Å². The van der Waals surface area contributed by atoms with Crippen LogP contribution in [0, 0.1) is 6.92 Å². The number of imidazole rings is 1. The molecule has 0 unspecified atom stereocenters. The van der Waals surface area contributed by atoms with Crippen LogP contribution in [0.3, 0.4) is 0 Å². The fourth-order valence-electron chi connectivity index (χ4n) is 3.64. The van der Waals surface area contributed by atoms with Crippen molar-refractivity contribution in [3.05, 3.63) is 51.6 Å². The van der Waals surface area contributed by atoms with Crippen molar-refractivity contribution in [2.45, 2.75) is 52.2 Å². The number of hydrogen-bond donors (Lipinski definition) is 2. The van der Waals surface area contributed by atoms with Gasteiger partial charge in [0.2, 0.25) is 0 Å². The Balaban J connectivity index is 1.66. The second kappa shape index (κ2) is 8.14. The van der Waals surface area contributed by atoms with Crippen LogP contribution in [0.2, 0.25) is 0 Å². The van der Waals surface area contributed by atoms with E-state index in [0.717, 1.165) is 43.7 Å². The van der Waals surface area contributed by atoms with Gasteiger partial charge >= 0.3 is 6.01 Å². The predicted octanol–water partition coefficient (Wildman–Crippen LogP) is 2.88. The smallest absolute Gasteiger partial charge is 0.301 e. The molecule has 0 bridgehead atoms. The molecule has 148 valence electrons. The molecule has 2 aromatic heterocycles. The maximum Gasteiger partial charge on any atom is 0.301 e. The van der Waals surface area contributed by atoms with E-state index >= 15 is 0 Å². The van der Waals surface area contributed by atoms with Gasteiger partial charge in [0.05, 0.1) is 0 Å². The summed E-state index contributed by atoms with van der Waals surface area (Å²) < 4.78 is 7.56. The van der Waals surface area contributed by atoms with E-state index in [1.165, 1.54) is 5.56 Å². The van der Waals surface area contributed by atoms with Gasteiger partial charge in [-0.25, -0.2) is 4.98 Å². The lowest BCUT2D eigenvalue weighted by Gasteiger charge is -2.20. The molecule has 0 spiro atoms. The number of fused-ring (bicyclic) bond motifs is 1. The van der Waals surface area contributed by atoms with Crippen LogP contribution in [0.15, 0.2) is 29.1 Å². The van der Waals surface area contributed by atoms with Crippen molar-refractivity contribution in [1.29, 1.82) is 0 Å². The average molecular weight is 381 g/mol. The SMILES string of the molecule is CCCn1c(OCc2ccc(C)cc2)nc2nc(C3CCNCC3)[nH]c2c1=O. The molecule has 1 aromatic carbocycles. The Labute approximate surface area is 164 Å². The summed E-state index contributed by atoms with van der Waals surface area (Å²) in [6, 6.07) is 8.49. The number of nitrogens with zero attached hydrogens (tertiary/aromatic N) is 3. The molecule has 0 amide bonds. The highest BCUT2D eigenvalue weighted by atomic mass is 16.5. The van der Waals surface area contributed by atoms with Crippen molar-refractivity contribution in [1.82, 2.24) is 24.8 Å². The van der Waals surface area contributed by atoms with E-state index in [1.54, 1.807) is 4.57 Å². The van der Waals surface area contributed by atoms with Gasteiger partial charge in [0.25, 0.3) is 5.56 Å². The number of piperidine rings is 1. The first-order valence-electron chi connectivity index (χ1n) is 10.0. The van der Waals surface area contributed by atoms with E-state index < -0.39 is 0 Å². The van der Waals surface area contributed by atoms with E-state index in [2.05, 4.69) is 27.2 Å². The Morgan fingerprint density at radius 1 is 1.18 bits per heavy atom. The molecule has 1 saturated heterocycles. The van der Waals surface area contributed by atoms with Crippen LogP contribution in [-0.2, 0) is 13.2 Å². The topological polar surface area (TPSA) is 84.8 Å². The quantitative estimate of drug-likeness (QED) is 0.686. The summed E-state index contributed by atoms with van der Waals surface area (Å²) in [5.74, 6) is 1.20. The van der Waals surface area contributed by atoms with Gasteiger partial charge in [0.15, 0.2) is 11.2 Å². The van der Waals surface area contributed by atoms with E-state index in [9.17, 15) is 4.79 Å². The third kappa shape index (κ3) is 3.80. The summed E-state index contributed by atoms with van der Waals surface area (Å²) in [6.45, 7) is 6.96. The summed E-state index contributed by atoms with van der Waals surface area (Å²) >= 11 is 0. The summed E-state index contributed by atoms with van der Waals surface area (Å²) in [5.41, 5.74) is 3.06. The zero-order valence-corrected chi connectivity index (χ0v) is 16.5. The number of aryl methyl sites for hydroxylation is 1. The Bertz CT molecular complexity index is 1000. The number of aromatic amines is 1. The fraction of sp³-hybridized carbons (Fsp3) is 0.476. The van der Waals surface area contributed by atoms with Crippen LogP contribution in [0.5, 0.6) is 6.01 Å². The van der Waals surface area contributed by atoms with Gasteiger partial charge in [0.1, 0.15) is 12.4 Å². The lowest BCUT2D eigenvalue weighted by atomic mass is 9.98. The molecule has 3 heterocycles. The van der Waals surface area contributed by atoms with E-state index in [1.807, 2.05) is 31.2 Å². The Hall–Kier alpha value is -2.67. The lowest BCUT2D eigenvalue weighted by Crippen LogP contribution is -2.27. The van der Waals surface area contributed by atoms with Gasteiger partial charge in [-0.3, -0.25) is 9.36 Å². The first-order chi connectivity index (χ1) is 13.7. The van der Waals surface area contributed by atoms with E-state index in [0.29, 0.717) is 36.2 Å². The molecule has 3 aromatic rings. The molecular weight excluding hydrogens is 354 g/mol. The second-order valence-corrected chi connectivity index (χ2v) is 7.47. The molecule has 0 radical (unpaired) electrons. The van der Waals surface area contributed by atoms with Crippen molar-refractivity contribution in [3.63, 3.8) is 0 Å². The Morgan fingerprint density at radius 3 is 2.64 bits per heavy atom. The number of rotatable bonds is 6. The molecule has 28 heavy (non-hydrogen) atoms. The number of ether oxygens (including phenoxy) is 1. The number of aromatic nitrogens is 4. The molecule has 0 aliphatic carbocycles. The molecule has 7 heteroatoms. The van der Waals surface area contributed by atoms with Crippen molar-refractivity contribution < 1.29 is 4.74 Å². The standard InChI is InChI=1S/C21H27N5O2/c1-3-12-26-20(27)17-19(24-18(23-17)16-8-10-22-11-9-16)25-21(26)28-13-15-6-4-14(2)5-7-15/h4-7,16,22H,3,8-13H2,1-2H3,(H,23,24). The maximum atomic E-state index is 13.1. The minimum absolute atomic E-state index is 0.113. The highest BCUT2D eigenvalue weighted by Gasteiger charge is 2.22. The van der Waals surface area contributed by atoms with Crippen LogP contribution in [-0.4, -0.2) is 32.6 Å². The summed E-state index contributed by atoms with van der Waals surface area (Å²) in [7, 11) is 0. The third-order valence-corrected chi connectivity index (χ3v) is 5.26. The monoisotopic (exact) mass is 381 g/mol. The zero-order chi connectivity index (χ0) is 19.5. The fourth-order valence-corrected chi connectivity index (χ4v) is 3.64.